The molecule has 2 aromatic heterocycles. The molecule has 0 aliphatic rings. The van der Waals surface area contributed by atoms with Gasteiger partial charge in [0, 0.05) is 28.7 Å². The number of aryl methyl sites for hydroxylation is 1. The number of nitrogens with two attached hydrogens (primary N) is 1. The normalized spacial score (nSPS) is 10.4. The number of hydrogen-bond donors (Lipinski definition) is 2. The van der Waals surface area contributed by atoms with E-state index >= 15 is 0 Å². The van der Waals surface area contributed by atoms with Crippen LogP contribution < -0.4 is 15.8 Å². The van der Waals surface area contributed by atoms with Crippen molar-refractivity contribution in [1.29, 1.82) is 10.5 Å². The molecule has 0 saturated carbocycles. The van der Waals surface area contributed by atoms with Crippen molar-refractivity contribution in [2.45, 2.75) is 24.8 Å². The van der Waals surface area contributed by atoms with Gasteiger partial charge in [0.15, 0.2) is 5.13 Å². The Hall–Kier alpha value is -4.38. The van der Waals surface area contributed by atoms with Crippen LogP contribution in [0.15, 0.2) is 58.9 Å². The zero-order valence-electron chi connectivity index (χ0n) is 20.8. The first-order valence-electron chi connectivity index (χ1n) is 11.7. The van der Waals surface area contributed by atoms with E-state index in [4.69, 9.17) is 10.5 Å². The molecule has 4 aromatic rings. The third-order valence-electron chi connectivity index (χ3n) is 5.77. The number of nitrogens with zero attached hydrogens (tertiary/aromatic N) is 4. The zero-order chi connectivity index (χ0) is 27.1. The fraction of sp³-hybridized carbons (Fsp3) is 0.179. The highest BCUT2D eigenvalue weighted by Gasteiger charge is 2.21. The Kier molecular flexibility index (Phi) is 8.59. The van der Waals surface area contributed by atoms with Crippen LogP contribution in [-0.2, 0) is 11.2 Å². The highest BCUT2D eigenvalue weighted by Crippen LogP contribution is 2.36. The average Bonchev–Trinajstić information content (AvgIpc) is 3.40. The maximum absolute atomic E-state index is 12.6. The molecule has 0 aliphatic carbocycles. The number of hydrogen-bond acceptors (Lipinski definition) is 9. The molecule has 0 aliphatic heterocycles. The summed E-state index contributed by atoms with van der Waals surface area (Å²) in [5.41, 5.74) is 10.4. The highest BCUT2D eigenvalue weighted by atomic mass is 32.2. The summed E-state index contributed by atoms with van der Waals surface area (Å²) in [6.45, 7) is 2.06. The molecule has 190 valence electrons. The van der Waals surface area contributed by atoms with Crippen LogP contribution in [0.4, 0.5) is 10.9 Å². The summed E-state index contributed by atoms with van der Waals surface area (Å²) in [5.74, 6) is 0.904. The van der Waals surface area contributed by atoms with Crippen molar-refractivity contribution in [1.82, 2.24) is 9.97 Å². The van der Waals surface area contributed by atoms with Gasteiger partial charge in [-0.2, -0.15) is 10.5 Å². The Bertz CT molecular complexity index is 1550. The topological polar surface area (TPSA) is 138 Å². The Morgan fingerprint density at radius 3 is 2.53 bits per heavy atom. The van der Waals surface area contributed by atoms with Crippen molar-refractivity contribution in [2.24, 2.45) is 0 Å². The zero-order valence-corrected chi connectivity index (χ0v) is 22.4. The number of pyridine rings is 1. The number of anilines is 2. The van der Waals surface area contributed by atoms with E-state index in [1.807, 2.05) is 53.9 Å². The second-order valence-corrected chi connectivity index (χ2v) is 10.0. The Balaban J connectivity index is 1.47. The molecule has 0 spiro atoms. The van der Waals surface area contributed by atoms with Gasteiger partial charge in [-0.3, -0.25) is 4.79 Å². The lowest BCUT2D eigenvalue weighted by Gasteiger charge is -2.13. The first-order chi connectivity index (χ1) is 18.5. The van der Waals surface area contributed by atoms with Crippen molar-refractivity contribution in [3.05, 3.63) is 70.6 Å². The summed E-state index contributed by atoms with van der Waals surface area (Å²) in [7, 11) is 1.60. The lowest BCUT2D eigenvalue weighted by molar-refractivity contribution is -0.115. The van der Waals surface area contributed by atoms with E-state index in [1.165, 1.54) is 23.1 Å². The molecule has 0 fully saturated rings. The minimum Gasteiger partial charge on any atom is -0.496 e. The van der Waals surface area contributed by atoms with Gasteiger partial charge in [0.05, 0.1) is 18.4 Å². The van der Waals surface area contributed by atoms with Crippen molar-refractivity contribution in [3.63, 3.8) is 0 Å². The van der Waals surface area contributed by atoms with Crippen LogP contribution in [0.25, 0.3) is 22.4 Å². The molecule has 2 heterocycles. The van der Waals surface area contributed by atoms with Gasteiger partial charge < -0.3 is 15.8 Å². The fourth-order valence-electron chi connectivity index (χ4n) is 3.83. The smallest absolute Gasteiger partial charge is 0.226 e. The number of nitrogens with one attached hydrogen (secondary N) is 1. The minimum absolute atomic E-state index is 0.0553. The van der Waals surface area contributed by atoms with Crippen LogP contribution in [0, 0.1) is 22.7 Å². The maximum Gasteiger partial charge on any atom is 0.226 e. The summed E-state index contributed by atoms with van der Waals surface area (Å²) >= 11 is 2.58. The Morgan fingerprint density at radius 1 is 1.11 bits per heavy atom. The molecule has 38 heavy (non-hydrogen) atoms. The summed E-state index contributed by atoms with van der Waals surface area (Å²) in [6.07, 6.45) is 1.04. The van der Waals surface area contributed by atoms with Gasteiger partial charge >= 0.3 is 0 Å². The quantitative estimate of drug-likeness (QED) is 0.251. The lowest BCUT2D eigenvalue weighted by Crippen LogP contribution is -2.12. The van der Waals surface area contributed by atoms with Gasteiger partial charge in [-0.05, 0) is 29.7 Å². The largest absolute Gasteiger partial charge is 0.496 e. The summed E-state index contributed by atoms with van der Waals surface area (Å²) < 4.78 is 5.39. The predicted molar refractivity (Wildman–Crippen MR) is 151 cm³/mol. The number of thioether (sulfide) groups is 1. The number of thiazole rings is 1. The number of nitriles is 2. The van der Waals surface area contributed by atoms with Crippen LogP contribution in [-0.4, -0.2) is 28.7 Å². The van der Waals surface area contributed by atoms with Crippen LogP contribution in [0.5, 0.6) is 5.75 Å². The second-order valence-electron chi connectivity index (χ2n) is 8.09. The van der Waals surface area contributed by atoms with E-state index < -0.39 is 0 Å². The van der Waals surface area contributed by atoms with E-state index in [2.05, 4.69) is 34.3 Å². The standard InChI is InChI=1S/C28H24N6O2S2/c1-3-17-8-10-18(11-9-17)25-20(14-29)26(31)34-27(21(25)15-30)37-13-12-24(35)33-28-32-22(16-38-28)19-6-4-5-7-23(19)36-2/h4-11,16H,3,12-13H2,1-2H3,(H2,31,34)(H,32,33,35). The molecule has 0 radical (unpaired) electrons. The molecule has 0 saturated heterocycles. The molecule has 4 rings (SSSR count). The van der Waals surface area contributed by atoms with Gasteiger partial charge in [-0.1, -0.05) is 43.3 Å². The number of amides is 1. The molecular formula is C28H24N6O2S2. The molecule has 0 atom stereocenters. The number of benzene rings is 2. The summed E-state index contributed by atoms with van der Waals surface area (Å²) in [4.78, 5) is 21.4. The third-order valence-corrected chi connectivity index (χ3v) is 7.50. The van der Waals surface area contributed by atoms with E-state index in [9.17, 15) is 15.3 Å². The number of rotatable bonds is 9. The number of para-hydroxylation sites is 1. The van der Waals surface area contributed by atoms with E-state index in [1.54, 1.807) is 7.11 Å². The summed E-state index contributed by atoms with van der Waals surface area (Å²) in [5, 5.41) is 25.2. The SMILES string of the molecule is CCc1ccc(-c2c(C#N)c(N)nc(SCCC(=O)Nc3nc(-c4ccccc4OC)cs3)c2C#N)cc1. The predicted octanol–water partition coefficient (Wildman–Crippen LogP) is 5.89. The first-order valence-corrected chi connectivity index (χ1v) is 13.6. The number of aromatic nitrogens is 2. The third kappa shape index (κ3) is 5.78. The first kappa shape index (κ1) is 26.7. The number of methoxy groups -OCH3 is 1. The molecule has 8 nitrogen and oxygen atoms in total. The second kappa shape index (κ2) is 12.2. The molecule has 3 N–H and O–H groups in total. The number of carbonyl (C=O) groups is 1. The van der Waals surface area contributed by atoms with Crippen LogP contribution in [0.2, 0.25) is 0 Å². The summed E-state index contributed by atoms with van der Waals surface area (Å²) in [6, 6.07) is 19.5. The number of nitrogen functional groups attached to an aromatic ring is 1. The van der Waals surface area contributed by atoms with E-state index in [0.29, 0.717) is 32.9 Å². The van der Waals surface area contributed by atoms with Crippen molar-refractivity contribution < 1.29 is 9.53 Å². The van der Waals surface area contributed by atoms with Crippen LogP contribution in [0.3, 0.4) is 0 Å². The Morgan fingerprint density at radius 2 is 1.84 bits per heavy atom. The molecule has 2 aromatic carbocycles. The lowest BCUT2D eigenvalue weighted by atomic mass is 9.96. The van der Waals surface area contributed by atoms with E-state index in [0.717, 1.165) is 23.1 Å². The van der Waals surface area contributed by atoms with Crippen LogP contribution >= 0.6 is 23.1 Å². The number of ether oxygens (including phenoxy) is 1. The molecular weight excluding hydrogens is 516 g/mol. The van der Waals surface area contributed by atoms with Crippen LogP contribution in [0.1, 0.15) is 30.0 Å². The van der Waals surface area contributed by atoms with E-state index in [-0.39, 0.29) is 29.3 Å². The van der Waals surface area contributed by atoms with Crippen molar-refractivity contribution >= 4 is 40.0 Å². The number of carbonyl (C=O) groups excluding carboxylic acids is 1. The van der Waals surface area contributed by atoms with Gasteiger partial charge in [0.25, 0.3) is 0 Å². The van der Waals surface area contributed by atoms with Gasteiger partial charge in [0.2, 0.25) is 5.91 Å². The average molecular weight is 541 g/mol. The molecule has 0 bridgehead atoms. The highest BCUT2D eigenvalue weighted by molar-refractivity contribution is 7.99. The van der Waals surface area contributed by atoms with Gasteiger partial charge in [0.1, 0.15) is 34.3 Å². The van der Waals surface area contributed by atoms with Gasteiger partial charge in [-0.25, -0.2) is 9.97 Å². The molecule has 1 amide bonds. The molecule has 10 heteroatoms. The van der Waals surface area contributed by atoms with Crippen molar-refractivity contribution in [3.8, 4) is 40.3 Å². The molecule has 0 unspecified atom stereocenters. The maximum atomic E-state index is 12.6. The minimum atomic E-state index is -0.214. The van der Waals surface area contributed by atoms with Crippen molar-refractivity contribution in [2.75, 3.05) is 23.9 Å². The van der Waals surface area contributed by atoms with Gasteiger partial charge in [-0.15, -0.1) is 23.1 Å². The Labute approximate surface area is 229 Å². The monoisotopic (exact) mass is 540 g/mol. The fourth-order valence-corrected chi connectivity index (χ4v) is 5.49.